The zero-order chi connectivity index (χ0) is 13.4. The zero-order valence-corrected chi connectivity index (χ0v) is 10.1. The first kappa shape index (κ1) is 11.3. The number of benzene rings is 1. The lowest BCUT2D eigenvalue weighted by molar-refractivity contribution is 0.442. The summed E-state index contributed by atoms with van der Waals surface area (Å²) < 4.78 is 7.03. The summed E-state index contributed by atoms with van der Waals surface area (Å²) in [4.78, 5) is 18.7. The van der Waals surface area contributed by atoms with E-state index >= 15 is 0 Å². The van der Waals surface area contributed by atoms with Gasteiger partial charge >= 0.3 is 6.01 Å². The van der Waals surface area contributed by atoms with Gasteiger partial charge in [0.1, 0.15) is 0 Å². The van der Waals surface area contributed by atoms with Crippen LogP contribution in [0.25, 0.3) is 10.9 Å². The molecular weight excluding hydrogens is 246 g/mol. The van der Waals surface area contributed by atoms with E-state index < -0.39 is 0 Å². The number of nitrogens with zero attached hydrogens (tertiary/aromatic N) is 3. The van der Waals surface area contributed by atoms with Gasteiger partial charge < -0.3 is 10.5 Å². The number of hydrogen-bond acceptors (Lipinski definition) is 5. The number of nitrogen functional groups attached to an aromatic ring is 1. The molecule has 3 aromatic rings. The maximum atomic E-state index is 11.9. The predicted octanol–water partition coefficient (Wildman–Crippen LogP) is 1.03. The molecule has 2 aromatic heterocycles. The van der Waals surface area contributed by atoms with E-state index in [9.17, 15) is 4.79 Å². The van der Waals surface area contributed by atoms with Crippen molar-refractivity contribution in [2.24, 2.45) is 7.05 Å². The molecule has 0 amide bonds. The summed E-state index contributed by atoms with van der Waals surface area (Å²) in [6.45, 7) is 0. The molecule has 0 saturated heterocycles. The summed E-state index contributed by atoms with van der Waals surface area (Å²) in [5.74, 6) is 0.500. The van der Waals surface area contributed by atoms with Crippen LogP contribution < -0.4 is 16.0 Å². The minimum Gasteiger partial charge on any atom is -0.422 e. The maximum Gasteiger partial charge on any atom is 0.302 e. The number of H-pyrrole nitrogens is 1. The average Bonchev–Trinajstić information content (AvgIpc) is 2.76. The van der Waals surface area contributed by atoms with Crippen molar-refractivity contribution in [3.63, 3.8) is 0 Å². The Kier molecular flexibility index (Phi) is 2.45. The third-order valence-electron chi connectivity index (χ3n) is 2.60. The third kappa shape index (κ3) is 2.13. The molecule has 3 N–H and O–H groups in total. The quantitative estimate of drug-likeness (QED) is 0.668. The molecule has 7 heteroatoms. The lowest BCUT2D eigenvalue weighted by atomic mass is 10.2. The van der Waals surface area contributed by atoms with Crippen molar-refractivity contribution in [3.05, 3.63) is 40.9 Å². The van der Waals surface area contributed by atoms with Crippen LogP contribution >= 0.6 is 0 Å². The lowest BCUT2D eigenvalue weighted by Crippen LogP contribution is -2.09. The molecule has 0 fully saturated rings. The van der Waals surface area contributed by atoms with E-state index in [4.69, 9.17) is 10.5 Å². The minimum absolute atomic E-state index is 0.121. The normalized spacial score (nSPS) is 10.8. The van der Waals surface area contributed by atoms with Crippen molar-refractivity contribution in [3.8, 4) is 11.8 Å². The lowest BCUT2D eigenvalue weighted by Gasteiger charge is -2.03. The van der Waals surface area contributed by atoms with Gasteiger partial charge in [-0.1, -0.05) is 0 Å². The van der Waals surface area contributed by atoms with Crippen LogP contribution in [-0.4, -0.2) is 19.7 Å². The Morgan fingerprint density at radius 2 is 2.26 bits per heavy atom. The summed E-state index contributed by atoms with van der Waals surface area (Å²) in [5, 5.41) is 4.39. The molecule has 0 aliphatic rings. The van der Waals surface area contributed by atoms with Gasteiger partial charge in [-0.05, 0) is 18.2 Å². The number of ether oxygens (including phenoxy) is 1. The van der Waals surface area contributed by atoms with Crippen LogP contribution in [0.4, 0.5) is 5.69 Å². The van der Waals surface area contributed by atoms with Crippen LogP contribution in [0.2, 0.25) is 0 Å². The van der Waals surface area contributed by atoms with E-state index in [1.54, 1.807) is 36.1 Å². The Morgan fingerprint density at radius 3 is 3.00 bits per heavy atom. The Bertz CT molecular complexity index is 805. The molecule has 3 rings (SSSR count). The van der Waals surface area contributed by atoms with Gasteiger partial charge in [0.05, 0.1) is 23.3 Å². The summed E-state index contributed by atoms with van der Waals surface area (Å²) in [6.07, 6.45) is 3.21. The monoisotopic (exact) mass is 257 g/mol. The topological polar surface area (TPSA) is 98.8 Å². The second kappa shape index (κ2) is 4.13. The molecule has 0 saturated carbocycles. The summed E-state index contributed by atoms with van der Waals surface area (Å²) in [6, 6.07) is 5.06. The Hall–Kier alpha value is -2.83. The van der Waals surface area contributed by atoms with Crippen LogP contribution in [0.1, 0.15) is 0 Å². The Labute approximate surface area is 107 Å². The van der Waals surface area contributed by atoms with Gasteiger partial charge in [0, 0.05) is 12.7 Å². The molecule has 2 heterocycles. The fourth-order valence-corrected chi connectivity index (χ4v) is 1.75. The van der Waals surface area contributed by atoms with Crippen molar-refractivity contribution in [1.29, 1.82) is 0 Å². The largest absolute Gasteiger partial charge is 0.422 e. The first-order valence-electron chi connectivity index (χ1n) is 5.58. The molecule has 0 aliphatic heterocycles. The van der Waals surface area contributed by atoms with E-state index in [2.05, 4.69) is 15.1 Å². The van der Waals surface area contributed by atoms with Crippen molar-refractivity contribution >= 4 is 16.6 Å². The van der Waals surface area contributed by atoms with Crippen molar-refractivity contribution in [1.82, 2.24) is 19.7 Å². The first-order chi connectivity index (χ1) is 9.11. The number of nitrogens with two attached hydrogens (primary N) is 1. The molecule has 96 valence electrons. The number of aromatic amines is 1. The molecule has 0 aliphatic carbocycles. The SMILES string of the molecule is Cn1cc(Oc2nc3ccc(N)cc3c(=O)[nH]2)cn1. The molecule has 0 spiro atoms. The third-order valence-corrected chi connectivity index (χ3v) is 2.60. The fraction of sp³-hybridized carbons (Fsp3) is 0.0833. The van der Waals surface area contributed by atoms with Crippen molar-refractivity contribution in [2.45, 2.75) is 0 Å². The van der Waals surface area contributed by atoms with Crippen LogP contribution in [0.5, 0.6) is 11.8 Å². The van der Waals surface area contributed by atoms with Crippen molar-refractivity contribution < 1.29 is 4.74 Å². The van der Waals surface area contributed by atoms with E-state index in [1.165, 1.54) is 6.20 Å². The summed E-state index contributed by atoms with van der Waals surface area (Å²) in [5.41, 5.74) is 6.38. The molecule has 0 bridgehead atoms. The second-order valence-corrected chi connectivity index (χ2v) is 4.10. The van der Waals surface area contributed by atoms with E-state index in [-0.39, 0.29) is 11.6 Å². The minimum atomic E-state index is -0.295. The van der Waals surface area contributed by atoms with E-state index in [0.29, 0.717) is 22.3 Å². The highest BCUT2D eigenvalue weighted by atomic mass is 16.5. The van der Waals surface area contributed by atoms with Gasteiger partial charge in [0.25, 0.3) is 5.56 Å². The molecule has 19 heavy (non-hydrogen) atoms. The summed E-state index contributed by atoms with van der Waals surface area (Å²) in [7, 11) is 1.77. The highest BCUT2D eigenvalue weighted by Gasteiger charge is 2.07. The smallest absolute Gasteiger partial charge is 0.302 e. The molecule has 7 nitrogen and oxygen atoms in total. The standard InChI is InChI=1S/C12H11N5O2/c1-17-6-8(5-14-17)19-12-15-10-3-2-7(13)4-9(10)11(18)16-12/h2-6H,13H2,1H3,(H,15,16,18). The number of fused-ring (bicyclic) bond motifs is 1. The van der Waals surface area contributed by atoms with E-state index in [1.807, 2.05) is 0 Å². The van der Waals surface area contributed by atoms with Gasteiger partial charge in [0.2, 0.25) is 0 Å². The number of hydrogen-bond donors (Lipinski definition) is 2. The number of aromatic nitrogens is 4. The molecule has 1 aromatic carbocycles. The zero-order valence-electron chi connectivity index (χ0n) is 10.1. The van der Waals surface area contributed by atoms with E-state index in [0.717, 1.165) is 0 Å². The highest BCUT2D eigenvalue weighted by Crippen LogP contribution is 2.18. The van der Waals surface area contributed by atoms with Crippen LogP contribution in [0.3, 0.4) is 0 Å². The maximum absolute atomic E-state index is 11.9. The van der Waals surface area contributed by atoms with Gasteiger partial charge in [0.15, 0.2) is 5.75 Å². The number of rotatable bonds is 2. The van der Waals surface area contributed by atoms with Crippen molar-refractivity contribution in [2.75, 3.05) is 5.73 Å². The molecule has 0 radical (unpaired) electrons. The van der Waals surface area contributed by atoms with Gasteiger partial charge in [-0.25, -0.2) is 0 Å². The predicted molar refractivity (Wildman–Crippen MR) is 70.1 cm³/mol. The Balaban J connectivity index is 2.06. The van der Waals surface area contributed by atoms with Crippen LogP contribution in [0, 0.1) is 0 Å². The van der Waals surface area contributed by atoms with Gasteiger partial charge in [-0.15, -0.1) is 0 Å². The first-order valence-corrected chi connectivity index (χ1v) is 5.58. The number of anilines is 1. The molecule has 0 atom stereocenters. The Morgan fingerprint density at radius 1 is 1.42 bits per heavy atom. The number of aryl methyl sites for hydroxylation is 1. The average molecular weight is 257 g/mol. The second-order valence-electron chi connectivity index (χ2n) is 4.10. The molecule has 0 unspecified atom stereocenters. The van der Waals surface area contributed by atoms with Gasteiger partial charge in [-0.3, -0.25) is 14.5 Å². The highest BCUT2D eigenvalue weighted by molar-refractivity contribution is 5.81. The van der Waals surface area contributed by atoms with Gasteiger partial charge in [-0.2, -0.15) is 10.1 Å². The molecular formula is C12H11N5O2. The fourth-order valence-electron chi connectivity index (χ4n) is 1.75. The van der Waals surface area contributed by atoms with Crippen LogP contribution in [0.15, 0.2) is 35.4 Å². The van der Waals surface area contributed by atoms with Crippen LogP contribution in [-0.2, 0) is 7.05 Å². The summed E-state index contributed by atoms with van der Waals surface area (Å²) >= 11 is 0. The number of nitrogens with one attached hydrogen (secondary N) is 1.